The number of rotatable bonds is 5. The number of nitrogens with zero attached hydrogens (tertiary/aromatic N) is 2. The van der Waals surface area contributed by atoms with E-state index >= 15 is 0 Å². The molecular formula is C13H14FN3S2. The van der Waals surface area contributed by atoms with Gasteiger partial charge in [-0.3, -0.25) is 0 Å². The molecule has 3 nitrogen and oxygen atoms in total. The highest BCUT2D eigenvalue weighted by atomic mass is 32.2. The lowest BCUT2D eigenvalue weighted by Crippen LogP contribution is -2.16. The van der Waals surface area contributed by atoms with Crippen LogP contribution in [0.3, 0.4) is 0 Å². The summed E-state index contributed by atoms with van der Waals surface area (Å²) in [4.78, 5) is 0.921. The summed E-state index contributed by atoms with van der Waals surface area (Å²) in [5, 5.41) is 12.4. The van der Waals surface area contributed by atoms with Crippen LogP contribution < -0.4 is 5.32 Å². The molecule has 3 rings (SSSR count). The van der Waals surface area contributed by atoms with Crippen LogP contribution in [0.4, 0.5) is 4.39 Å². The van der Waals surface area contributed by atoms with Crippen molar-refractivity contribution in [1.29, 1.82) is 0 Å². The van der Waals surface area contributed by atoms with Gasteiger partial charge in [-0.2, -0.15) is 0 Å². The fraction of sp³-hybridized carbons (Fsp3) is 0.385. The molecule has 6 heteroatoms. The highest BCUT2D eigenvalue weighted by Crippen LogP contribution is 2.33. The third-order valence-electron chi connectivity index (χ3n) is 2.93. The van der Waals surface area contributed by atoms with Gasteiger partial charge in [0, 0.05) is 23.0 Å². The van der Waals surface area contributed by atoms with Crippen LogP contribution in [-0.4, -0.2) is 16.2 Å². The standard InChI is InChI=1S/C13H14FN3S2/c1-8-16-17-13(18-8)19-12-4-2-3-11(14)10(12)7-15-9-5-6-9/h2-4,9,15H,5-7H2,1H3. The summed E-state index contributed by atoms with van der Waals surface area (Å²) in [7, 11) is 0. The lowest BCUT2D eigenvalue weighted by molar-refractivity contribution is 0.579. The Morgan fingerprint density at radius 1 is 1.42 bits per heavy atom. The topological polar surface area (TPSA) is 37.8 Å². The average molecular weight is 295 g/mol. The van der Waals surface area contributed by atoms with E-state index in [4.69, 9.17) is 0 Å². The minimum Gasteiger partial charge on any atom is -0.310 e. The molecule has 0 spiro atoms. The van der Waals surface area contributed by atoms with Gasteiger partial charge in [0.25, 0.3) is 0 Å². The van der Waals surface area contributed by atoms with Crippen molar-refractivity contribution in [3.8, 4) is 0 Å². The molecular weight excluding hydrogens is 281 g/mol. The molecule has 1 aromatic carbocycles. The van der Waals surface area contributed by atoms with E-state index in [1.54, 1.807) is 6.07 Å². The van der Waals surface area contributed by atoms with Gasteiger partial charge < -0.3 is 5.32 Å². The maximum absolute atomic E-state index is 13.9. The Hall–Kier alpha value is -0.980. The summed E-state index contributed by atoms with van der Waals surface area (Å²) >= 11 is 3.02. The summed E-state index contributed by atoms with van der Waals surface area (Å²) in [6.45, 7) is 2.50. The molecule has 1 fully saturated rings. The molecule has 0 atom stereocenters. The molecule has 1 N–H and O–H groups in total. The van der Waals surface area contributed by atoms with Crippen LogP contribution in [0.5, 0.6) is 0 Å². The van der Waals surface area contributed by atoms with E-state index in [1.807, 2.05) is 13.0 Å². The molecule has 1 aliphatic carbocycles. The molecule has 1 heterocycles. The van der Waals surface area contributed by atoms with Gasteiger partial charge in [-0.25, -0.2) is 4.39 Å². The summed E-state index contributed by atoms with van der Waals surface area (Å²) in [5.41, 5.74) is 0.729. The van der Waals surface area contributed by atoms with Crippen molar-refractivity contribution < 1.29 is 4.39 Å². The number of nitrogens with one attached hydrogen (secondary N) is 1. The third-order valence-corrected chi connectivity index (χ3v) is 4.92. The van der Waals surface area contributed by atoms with Gasteiger partial charge in [0.15, 0.2) is 4.34 Å². The van der Waals surface area contributed by atoms with Crippen molar-refractivity contribution in [2.45, 2.75) is 41.6 Å². The molecule has 100 valence electrons. The predicted molar refractivity (Wildman–Crippen MR) is 75.0 cm³/mol. The van der Waals surface area contributed by atoms with Gasteiger partial charge in [0.2, 0.25) is 0 Å². The first-order valence-electron chi connectivity index (χ1n) is 6.21. The summed E-state index contributed by atoms with van der Waals surface area (Å²) in [5.74, 6) is -0.153. The second-order valence-electron chi connectivity index (χ2n) is 4.56. The van der Waals surface area contributed by atoms with Crippen LogP contribution in [0.15, 0.2) is 27.4 Å². The zero-order chi connectivity index (χ0) is 13.2. The first-order valence-corrected chi connectivity index (χ1v) is 7.84. The smallest absolute Gasteiger partial charge is 0.179 e. The molecule has 0 amide bonds. The van der Waals surface area contributed by atoms with E-state index in [9.17, 15) is 4.39 Å². The van der Waals surface area contributed by atoms with Crippen molar-refractivity contribution in [1.82, 2.24) is 15.5 Å². The van der Waals surface area contributed by atoms with E-state index in [1.165, 1.54) is 42.0 Å². The predicted octanol–water partition coefficient (Wildman–Crippen LogP) is 3.39. The highest BCUT2D eigenvalue weighted by molar-refractivity contribution is 8.01. The van der Waals surface area contributed by atoms with Crippen LogP contribution in [0.2, 0.25) is 0 Å². The number of hydrogen-bond donors (Lipinski definition) is 1. The maximum atomic E-state index is 13.9. The summed E-state index contributed by atoms with van der Waals surface area (Å²) in [6, 6.07) is 5.76. The van der Waals surface area contributed by atoms with Crippen LogP contribution in [-0.2, 0) is 6.54 Å². The average Bonchev–Trinajstić information content (AvgIpc) is 3.12. The van der Waals surface area contributed by atoms with E-state index in [-0.39, 0.29) is 5.82 Å². The minimum absolute atomic E-state index is 0.153. The van der Waals surface area contributed by atoms with Crippen LogP contribution in [0.1, 0.15) is 23.4 Å². The quantitative estimate of drug-likeness (QED) is 0.917. The molecule has 2 aromatic rings. The normalized spacial score (nSPS) is 14.8. The molecule has 0 aliphatic heterocycles. The van der Waals surface area contributed by atoms with Crippen LogP contribution in [0, 0.1) is 12.7 Å². The molecule has 0 bridgehead atoms. The lowest BCUT2D eigenvalue weighted by atomic mass is 10.2. The molecule has 0 radical (unpaired) electrons. The molecule has 0 unspecified atom stereocenters. The number of benzene rings is 1. The van der Waals surface area contributed by atoms with Crippen molar-refractivity contribution in [2.75, 3.05) is 0 Å². The SMILES string of the molecule is Cc1nnc(Sc2cccc(F)c2CNC2CC2)s1. The van der Waals surface area contributed by atoms with Gasteiger partial charge in [0.05, 0.1) is 0 Å². The summed E-state index contributed by atoms with van der Waals surface area (Å²) in [6.07, 6.45) is 2.40. The van der Waals surface area contributed by atoms with E-state index in [0.717, 1.165) is 19.8 Å². The Morgan fingerprint density at radius 2 is 2.26 bits per heavy atom. The van der Waals surface area contributed by atoms with Crippen molar-refractivity contribution >= 4 is 23.1 Å². The first-order chi connectivity index (χ1) is 9.22. The van der Waals surface area contributed by atoms with Gasteiger partial charge in [0.1, 0.15) is 10.8 Å². The van der Waals surface area contributed by atoms with Gasteiger partial charge >= 0.3 is 0 Å². The monoisotopic (exact) mass is 295 g/mol. The van der Waals surface area contributed by atoms with Crippen molar-refractivity contribution in [3.63, 3.8) is 0 Å². The zero-order valence-electron chi connectivity index (χ0n) is 10.5. The Kier molecular flexibility index (Phi) is 3.81. The van der Waals surface area contributed by atoms with Gasteiger partial charge in [-0.15, -0.1) is 10.2 Å². The molecule has 0 saturated heterocycles. The minimum atomic E-state index is -0.153. The largest absolute Gasteiger partial charge is 0.310 e. The van der Waals surface area contributed by atoms with E-state index in [0.29, 0.717) is 12.6 Å². The lowest BCUT2D eigenvalue weighted by Gasteiger charge is -2.09. The van der Waals surface area contributed by atoms with Crippen LogP contribution in [0.25, 0.3) is 0 Å². The molecule has 19 heavy (non-hydrogen) atoms. The molecule has 1 saturated carbocycles. The number of halogens is 1. The zero-order valence-corrected chi connectivity index (χ0v) is 12.2. The second kappa shape index (κ2) is 5.56. The van der Waals surface area contributed by atoms with E-state index < -0.39 is 0 Å². The van der Waals surface area contributed by atoms with E-state index in [2.05, 4.69) is 15.5 Å². The number of hydrogen-bond acceptors (Lipinski definition) is 5. The van der Waals surface area contributed by atoms with Gasteiger partial charge in [-0.05, 0) is 31.9 Å². The second-order valence-corrected chi connectivity index (χ2v) is 7.03. The number of aromatic nitrogens is 2. The highest BCUT2D eigenvalue weighted by Gasteiger charge is 2.21. The Balaban J connectivity index is 1.80. The Bertz CT molecular complexity index is 581. The third kappa shape index (κ3) is 3.32. The molecule has 1 aromatic heterocycles. The fourth-order valence-electron chi connectivity index (χ4n) is 1.75. The van der Waals surface area contributed by atoms with Gasteiger partial charge in [-0.1, -0.05) is 29.2 Å². The summed E-state index contributed by atoms with van der Waals surface area (Å²) < 4.78 is 14.8. The molecule has 1 aliphatic rings. The Labute approximate surface area is 119 Å². The maximum Gasteiger partial charge on any atom is 0.179 e. The van der Waals surface area contributed by atoms with Crippen LogP contribution >= 0.6 is 23.1 Å². The van der Waals surface area contributed by atoms with Crippen molar-refractivity contribution in [3.05, 3.63) is 34.6 Å². The van der Waals surface area contributed by atoms with Crippen molar-refractivity contribution in [2.24, 2.45) is 0 Å². The fourth-order valence-corrected chi connectivity index (χ4v) is 3.68. The number of aryl methyl sites for hydroxylation is 1. The Morgan fingerprint density at radius 3 is 2.95 bits per heavy atom. The first kappa shape index (κ1) is 13.0.